The van der Waals surface area contributed by atoms with Crippen molar-refractivity contribution in [1.82, 2.24) is 0 Å². The van der Waals surface area contributed by atoms with Crippen molar-refractivity contribution in [3.63, 3.8) is 0 Å². The Hall–Kier alpha value is -1.90. The number of aliphatic hydroxyl groups is 2. The van der Waals surface area contributed by atoms with E-state index >= 15 is 0 Å². The van der Waals surface area contributed by atoms with Crippen LogP contribution in [0.3, 0.4) is 0 Å². The maximum atomic E-state index is 7.00. The molecule has 0 saturated carbocycles. The third kappa shape index (κ3) is 2.86. The molecule has 3 rings (SSSR count). The topological polar surface area (TPSA) is 40.5 Å². The van der Waals surface area contributed by atoms with Crippen LogP contribution in [0.1, 0.15) is 0 Å². The molecular formula is C16H18O2. The van der Waals surface area contributed by atoms with E-state index in [1.807, 2.05) is 0 Å². The van der Waals surface area contributed by atoms with Crippen molar-refractivity contribution in [2.75, 3.05) is 14.2 Å². The van der Waals surface area contributed by atoms with Crippen LogP contribution in [0.2, 0.25) is 0 Å². The number of fused-ring (bicyclic) bond motifs is 3. The Balaban J connectivity index is 0.000000371. The fourth-order valence-corrected chi connectivity index (χ4v) is 1.95. The Morgan fingerprint density at radius 1 is 0.500 bits per heavy atom. The molecule has 0 unspecified atom stereocenters. The van der Waals surface area contributed by atoms with Crippen LogP contribution in [0.4, 0.5) is 0 Å². The van der Waals surface area contributed by atoms with E-state index in [1.54, 1.807) is 0 Å². The molecule has 18 heavy (non-hydrogen) atoms. The van der Waals surface area contributed by atoms with E-state index in [0.717, 1.165) is 14.2 Å². The van der Waals surface area contributed by atoms with Crippen molar-refractivity contribution in [3.05, 3.63) is 60.7 Å². The SMILES string of the molecule is CO.CO.c1ccc2c(c1)ccc1ccccc12. The van der Waals surface area contributed by atoms with Gasteiger partial charge in [0.25, 0.3) is 0 Å². The second-order valence-electron chi connectivity index (χ2n) is 3.51. The molecule has 0 aliphatic carbocycles. The molecule has 0 amide bonds. The first kappa shape index (κ1) is 14.2. The smallest absolute Gasteiger partial charge is 0.0319 e. The largest absolute Gasteiger partial charge is 0.400 e. The summed E-state index contributed by atoms with van der Waals surface area (Å²) in [6.07, 6.45) is 0. The summed E-state index contributed by atoms with van der Waals surface area (Å²) in [6, 6.07) is 21.4. The lowest BCUT2D eigenvalue weighted by molar-refractivity contribution is 0.399. The molecule has 3 aromatic rings. The first-order valence-corrected chi connectivity index (χ1v) is 5.71. The van der Waals surface area contributed by atoms with Gasteiger partial charge in [-0.25, -0.2) is 0 Å². The highest BCUT2D eigenvalue weighted by atomic mass is 16.2. The molecule has 0 spiro atoms. The minimum atomic E-state index is 1.00. The van der Waals surface area contributed by atoms with Gasteiger partial charge in [0.15, 0.2) is 0 Å². The molecule has 0 aliphatic rings. The summed E-state index contributed by atoms with van der Waals surface area (Å²) in [5.41, 5.74) is 0. The van der Waals surface area contributed by atoms with Gasteiger partial charge in [-0.05, 0) is 21.5 Å². The second kappa shape index (κ2) is 7.43. The zero-order chi connectivity index (χ0) is 13.4. The highest BCUT2D eigenvalue weighted by Gasteiger charge is 1.97. The van der Waals surface area contributed by atoms with Crippen LogP contribution in [-0.4, -0.2) is 24.4 Å². The molecule has 0 aromatic heterocycles. The second-order valence-corrected chi connectivity index (χ2v) is 3.51. The molecule has 0 bridgehead atoms. The van der Waals surface area contributed by atoms with E-state index in [4.69, 9.17) is 10.2 Å². The van der Waals surface area contributed by atoms with Crippen molar-refractivity contribution in [2.24, 2.45) is 0 Å². The monoisotopic (exact) mass is 242 g/mol. The fraction of sp³-hybridized carbons (Fsp3) is 0.125. The van der Waals surface area contributed by atoms with Gasteiger partial charge >= 0.3 is 0 Å². The Bertz CT molecular complexity index is 548. The number of aliphatic hydroxyl groups excluding tert-OH is 2. The lowest BCUT2D eigenvalue weighted by Crippen LogP contribution is -1.75. The molecule has 0 fully saturated rings. The third-order valence-corrected chi connectivity index (χ3v) is 2.65. The molecule has 2 heteroatoms. The zero-order valence-electron chi connectivity index (χ0n) is 10.7. The maximum Gasteiger partial charge on any atom is 0.0319 e. The molecule has 0 heterocycles. The van der Waals surface area contributed by atoms with E-state index in [-0.39, 0.29) is 0 Å². The average Bonchev–Trinajstić information content (AvgIpc) is 2.51. The molecule has 0 aliphatic heterocycles. The van der Waals surface area contributed by atoms with Crippen LogP contribution in [0, 0.1) is 0 Å². The predicted octanol–water partition coefficient (Wildman–Crippen LogP) is 3.21. The van der Waals surface area contributed by atoms with Crippen molar-refractivity contribution in [3.8, 4) is 0 Å². The predicted molar refractivity (Wildman–Crippen MR) is 77.7 cm³/mol. The Kier molecular flexibility index (Phi) is 5.85. The summed E-state index contributed by atoms with van der Waals surface area (Å²) in [6.45, 7) is 0. The Labute approximate surface area is 107 Å². The van der Waals surface area contributed by atoms with Crippen molar-refractivity contribution >= 4 is 21.5 Å². The van der Waals surface area contributed by atoms with Crippen LogP contribution in [-0.2, 0) is 0 Å². The summed E-state index contributed by atoms with van der Waals surface area (Å²) in [5, 5.41) is 19.3. The van der Waals surface area contributed by atoms with Crippen LogP contribution >= 0.6 is 0 Å². The van der Waals surface area contributed by atoms with E-state index in [2.05, 4.69) is 60.7 Å². The quantitative estimate of drug-likeness (QED) is 0.594. The minimum absolute atomic E-state index is 1.00. The first-order chi connectivity index (χ1) is 8.95. The normalized spacial score (nSPS) is 9.11. The number of benzene rings is 3. The standard InChI is InChI=1S/C14H10.2CH4O/c1-3-7-13-11(5-1)9-10-12-6-2-4-8-14(12)13;2*1-2/h1-10H;2*2H,1H3. The molecule has 2 nitrogen and oxygen atoms in total. The summed E-state index contributed by atoms with van der Waals surface area (Å²) in [5.74, 6) is 0. The van der Waals surface area contributed by atoms with Crippen molar-refractivity contribution < 1.29 is 10.2 Å². The van der Waals surface area contributed by atoms with E-state index < -0.39 is 0 Å². The fourth-order valence-electron chi connectivity index (χ4n) is 1.95. The van der Waals surface area contributed by atoms with Crippen LogP contribution in [0.5, 0.6) is 0 Å². The van der Waals surface area contributed by atoms with Gasteiger partial charge in [-0.3, -0.25) is 0 Å². The zero-order valence-corrected chi connectivity index (χ0v) is 10.7. The lowest BCUT2D eigenvalue weighted by atomic mass is 10.0. The lowest BCUT2D eigenvalue weighted by Gasteiger charge is -2.02. The summed E-state index contributed by atoms with van der Waals surface area (Å²) < 4.78 is 0. The molecule has 0 saturated heterocycles. The van der Waals surface area contributed by atoms with E-state index in [1.165, 1.54) is 21.5 Å². The summed E-state index contributed by atoms with van der Waals surface area (Å²) in [7, 11) is 2.00. The highest BCUT2D eigenvalue weighted by molar-refractivity contribution is 6.07. The minimum Gasteiger partial charge on any atom is -0.400 e. The number of hydrogen-bond donors (Lipinski definition) is 2. The Morgan fingerprint density at radius 2 is 0.833 bits per heavy atom. The van der Waals surface area contributed by atoms with Gasteiger partial charge in [-0.1, -0.05) is 60.7 Å². The number of rotatable bonds is 0. The first-order valence-electron chi connectivity index (χ1n) is 5.71. The van der Waals surface area contributed by atoms with Crippen molar-refractivity contribution in [2.45, 2.75) is 0 Å². The van der Waals surface area contributed by atoms with Gasteiger partial charge in [0.1, 0.15) is 0 Å². The third-order valence-electron chi connectivity index (χ3n) is 2.65. The van der Waals surface area contributed by atoms with Crippen LogP contribution in [0.15, 0.2) is 60.7 Å². The summed E-state index contributed by atoms with van der Waals surface area (Å²) >= 11 is 0. The van der Waals surface area contributed by atoms with Crippen LogP contribution in [0.25, 0.3) is 21.5 Å². The molecule has 2 N–H and O–H groups in total. The molecule has 0 atom stereocenters. The summed E-state index contributed by atoms with van der Waals surface area (Å²) in [4.78, 5) is 0. The van der Waals surface area contributed by atoms with Gasteiger partial charge in [0, 0.05) is 14.2 Å². The van der Waals surface area contributed by atoms with Crippen LogP contribution < -0.4 is 0 Å². The van der Waals surface area contributed by atoms with Gasteiger partial charge in [0.05, 0.1) is 0 Å². The molecule has 94 valence electrons. The van der Waals surface area contributed by atoms with Gasteiger partial charge in [-0.2, -0.15) is 0 Å². The number of hydrogen-bond acceptors (Lipinski definition) is 2. The maximum absolute atomic E-state index is 7.00. The van der Waals surface area contributed by atoms with E-state index in [0.29, 0.717) is 0 Å². The van der Waals surface area contributed by atoms with Gasteiger partial charge < -0.3 is 10.2 Å². The van der Waals surface area contributed by atoms with E-state index in [9.17, 15) is 0 Å². The molecule has 0 radical (unpaired) electrons. The van der Waals surface area contributed by atoms with Gasteiger partial charge in [-0.15, -0.1) is 0 Å². The highest BCUT2D eigenvalue weighted by Crippen LogP contribution is 2.24. The Morgan fingerprint density at radius 3 is 1.22 bits per heavy atom. The molecular weight excluding hydrogens is 224 g/mol. The average molecular weight is 242 g/mol. The molecule has 3 aromatic carbocycles. The van der Waals surface area contributed by atoms with Gasteiger partial charge in [0.2, 0.25) is 0 Å². The van der Waals surface area contributed by atoms with Crippen molar-refractivity contribution in [1.29, 1.82) is 0 Å².